The van der Waals surface area contributed by atoms with Gasteiger partial charge in [0.05, 0.1) is 29.4 Å². The molecule has 6 nitrogen and oxygen atoms in total. The molecule has 0 fully saturated rings. The monoisotopic (exact) mass is 464 g/mol. The number of hydrogen-bond donors (Lipinski definition) is 0. The standard InChI is InChI=1S/C16H13BrClF3N4O2/c1-8-13(17)14(16(19,20)21)23-25(8)6-5-12-22-15(24-27-12)10-7-9(18)3-4-11(10)26-2/h3-4,7H,5-6H2,1-2H3. The van der Waals surface area contributed by atoms with Crippen LogP contribution in [0, 0.1) is 6.92 Å². The Balaban J connectivity index is 1.79. The van der Waals surface area contributed by atoms with E-state index in [1.54, 1.807) is 25.1 Å². The molecular formula is C16H13BrClF3N4O2. The van der Waals surface area contributed by atoms with Crippen LogP contribution in [-0.4, -0.2) is 27.0 Å². The minimum absolute atomic E-state index is 0.0788. The van der Waals surface area contributed by atoms with Gasteiger partial charge >= 0.3 is 6.18 Å². The van der Waals surface area contributed by atoms with Crippen molar-refractivity contribution in [1.29, 1.82) is 0 Å². The molecule has 3 aromatic rings. The first-order chi connectivity index (χ1) is 12.7. The van der Waals surface area contributed by atoms with Gasteiger partial charge in [-0.25, -0.2) is 0 Å². The van der Waals surface area contributed by atoms with Crippen LogP contribution in [-0.2, 0) is 19.1 Å². The third-order valence-electron chi connectivity index (χ3n) is 3.81. The zero-order valence-electron chi connectivity index (χ0n) is 14.1. The van der Waals surface area contributed by atoms with Crippen LogP contribution in [0.25, 0.3) is 11.4 Å². The molecule has 3 rings (SSSR count). The molecule has 0 amide bonds. The zero-order valence-corrected chi connectivity index (χ0v) is 16.5. The first-order valence-electron chi connectivity index (χ1n) is 7.67. The Bertz CT molecular complexity index is 971. The van der Waals surface area contributed by atoms with Crippen LogP contribution in [0.15, 0.2) is 27.2 Å². The van der Waals surface area contributed by atoms with E-state index < -0.39 is 11.9 Å². The molecule has 0 aliphatic carbocycles. The molecule has 2 aromatic heterocycles. The quantitative estimate of drug-likeness (QED) is 0.535. The van der Waals surface area contributed by atoms with Crippen molar-refractivity contribution in [2.24, 2.45) is 0 Å². The number of rotatable bonds is 5. The number of halogens is 5. The van der Waals surface area contributed by atoms with Gasteiger partial charge < -0.3 is 9.26 Å². The lowest BCUT2D eigenvalue weighted by Gasteiger charge is -2.04. The third-order valence-corrected chi connectivity index (χ3v) is 4.99. The van der Waals surface area contributed by atoms with Gasteiger partial charge in [-0.1, -0.05) is 16.8 Å². The van der Waals surface area contributed by atoms with Gasteiger partial charge in [0.15, 0.2) is 5.69 Å². The summed E-state index contributed by atoms with van der Waals surface area (Å²) in [5.74, 6) is 1.05. The predicted molar refractivity (Wildman–Crippen MR) is 94.7 cm³/mol. The van der Waals surface area contributed by atoms with Crippen molar-refractivity contribution in [3.05, 3.63) is 45.0 Å². The van der Waals surface area contributed by atoms with E-state index in [0.717, 1.165) is 0 Å². The van der Waals surface area contributed by atoms with Gasteiger partial charge in [0.1, 0.15) is 5.75 Å². The highest BCUT2D eigenvalue weighted by atomic mass is 79.9. The van der Waals surface area contributed by atoms with Gasteiger partial charge in [-0.2, -0.15) is 23.3 Å². The molecular weight excluding hydrogens is 453 g/mol. The molecule has 0 N–H and O–H groups in total. The fourth-order valence-corrected chi connectivity index (χ4v) is 3.13. The summed E-state index contributed by atoms with van der Waals surface area (Å²) in [6, 6.07) is 4.98. The van der Waals surface area contributed by atoms with Crippen molar-refractivity contribution in [3.63, 3.8) is 0 Å². The number of alkyl halides is 3. The molecule has 11 heteroatoms. The molecule has 0 saturated heterocycles. The second-order valence-electron chi connectivity index (χ2n) is 5.58. The van der Waals surface area contributed by atoms with Crippen LogP contribution in [0.4, 0.5) is 13.2 Å². The molecule has 0 aliphatic rings. The Morgan fingerprint density at radius 2 is 2.07 bits per heavy atom. The molecule has 0 spiro atoms. The van der Waals surface area contributed by atoms with Gasteiger partial charge in [-0.15, -0.1) is 0 Å². The summed E-state index contributed by atoms with van der Waals surface area (Å²) in [5, 5.41) is 7.99. The second kappa shape index (κ2) is 7.51. The number of aromatic nitrogens is 4. The highest BCUT2D eigenvalue weighted by molar-refractivity contribution is 9.10. The van der Waals surface area contributed by atoms with E-state index in [2.05, 4.69) is 31.2 Å². The summed E-state index contributed by atoms with van der Waals surface area (Å²) in [5.41, 5.74) is -0.0502. The van der Waals surface area contributed by atoms with E-state index >= 15 is 0 Å². The minimum atomic E-state index is -4.53. The topological polar surface area (TPSA) is 66.0 Å². The average Bonchev–Trinajstić information content (AvgIpc) is 3.19. The summed E-state index contributed by atoms with van der Waals surface area (Å²) < 4.78 is 50.4. The van der Waals surface area contributed by atoms with Crippen molar-refractivity contribution in [2.75, 3.05) is 7.11 Å². The van der Waals surface area contributed by atoms with Crippen LogP contribution in [0.1, 0.15) is 17.3 Å². The summed E-state index contributed by atoms with van der Waals surface area (Å²) in [6.45, 7) is 1.69. The second-order valence-corrected chi connectivity index (χ2v) is 6.80. The Morgan fingerprint density at radius 1 is 1.33 bits per heavy atom. The maximum Gasteiger partial charge on any atom is 0.436 e. The van der Waals surface area contributed by atoms with Crippen molar-refractivity contribution in [3.8, 4) is 17.1 Å². The Kier molecular flexibility index (Phi) is 5.48. The first-order valence-corrected chi connectivity index (χ1v) is 8.84. The fraction of sp³-hybridized carbons (Fsp3) is 0.312. The molecule has 0 bridgehead atoms. The maximum atomic E-state index is 12.9. The number of aryl methyl sites for hydroxylation is 2. The molecule has 2 heterocycles. The number of nitrogens with zero attached hydrogens (tertiary/aromatic N) is 4. The molecule has 0 aliphatic heterocycles. The Labute approximate surface area is 165 Å². The SMILES string of the molecule is COc1ccc(Cl)cc1-c1noc(CCn2nc(C(F)(F)F)c(Br)c2C)n1. The van der Waals surface area contributed by atoms with Crippen LogP contribution in [0.3, 0.4) is 0 Å². The van der Waals surface area contributed by atoms with E-state index in [1.165, 1.54) is 11.8 Å². The highest BCUT2D eigenvalue weighted by Crippen LogP contribution is 2.35. The van der Waals surface area contributed by atoms with E-state index in [1.807, 2.05) is 0 Å². The lowest BCUT2D eigenvalue weighted by atomic mass is 10.2. The predicted octanol–water partition coefficient (Wildman–Crippen LogP) is 4.93. The molecule has 0 saturated carbocycles. The number of ether oxygens (including phenoxy) is 1. The van der Waals surface area contributed by atoms with Crippen LogP contribution in [0.5, 0.6) is 5.75 Å². The van der Waals surface area contributed by atoms with Gasteiger partial charge in [0, 0.05) is 11.4 Å². The molecule has 27 heavy (non-hydrogen) atoms. The van der Waals surface area contributed by atoms with Crippen molar-refractivity contribution < 1.29 is 22.4 Å². The van der Waals surface area contributed by atoms with E-state index in [4.69, 9.17) is 20.9 Å². The van der Waals surface area contributed by atoms with E-state index in [9.17, 15) is 13.2 Å². The van der Waals surface area contributed by atoms with Gasteiger partial charge in [0.2, 0.25) is 11.7 Å². The molecule has 0 radical (unpaired) electrons. The van der Waals surface area contributed by atoms with E-state index in [-0.39, 0.29) is 29.2 Å². The summed E-state index contributed by atoms with van der Waals surface area (Å²) in [4.78, 5) is 4.26. The Morgan fingerprint density at radius 3 is 2.70 bits per heavy atom. The van der Waals surface area contributed by atoms with E-state index in [0.29, 0.717) is 22.0 Å². The average molecular weight is 466 g/mol. The first kappa shape index (κ1) is 19.7. The minimum Gasteiger partial charge on any atom is -0.496 e. The fourth-order valence-electron chi connectivity index (χ4n) is 2.45. The van der Waals surface area contributed by atoms with Crippen molar-refractivity contribution in [2.45, 2.75) is 26.1 Å². The van der Waals surface area contributed by atoms with Crippen LogP contribution < -0.4 is 4.74 Å². The lowest BCUT2D eigenvalue weighted by molar-refractivity contribution is -0.142. The summed E-state index contributed by atoms with van der Waals surface area (Å²) >= 11 is 8.93. The largest absolute Gasteiger partial charge is 0.496 e. The molecule has 0 unspecified atom stereocenters. The van der Waals surface area contributed by atoms with Gasteiger partial charge in [-0.05, 0) is 41.1 Å². The Hall–Kier alpha value is -2.07. The van der Waals surface area contributed by atoms with Crippen LogP contribution >= 0.6 is 27.5 Å². The molecule has 1 aromatic carbocycles. The van der Waals surface area contributed by atoms with Crippen molar-refractivity contribution >= 4 is 27.5 Å². The zero-order chi connectivity index (χ0) is 19.8. The van der Waals surface area contributed by atoms with Gasteiger partial charge in [-0.3, -0.25) is 4.68 Å². The normalized spacial score (nSPS) is 11.8. The molecule has 144 valence electrons. The number of benzene rings is 1. The summed E-state index contributed by atoms with van der Waals surface area (Å²) in [6.07, 6.45) is -4.32. The number of hydrogen-bond acceptors (Lipinski definition) is 5. The highest BCUT2D eigenvalue weighted by Gasteiger charge is 2.37. The lowest BCUT2D eigenvalue weighted by Crippen LogP contribution is -2.10. The number of methoxy groups -OCH3 is 1. The summed E-state index contributed by atoms with van der Waals surface area (Å²) in [7, 11) is 1.50. The van der Waals surface area contributed by atoms with Crippen LogP contribution in [0.2, 0.25) is 5.02 Å². The van der Waals surface area contributed by atoms with Gasteiger partial charge in [0.25, 0.3) is 0 Å². The smallest absolute Gasteiger partial charge is 0.436 e. The molecule has 0 atom stereocenters. The maximum absolute atomic E-state index is 12.9. The third kappa shape index (κ3) is 4.11. The van der Waals surface area contributed by atoms with Crippen molar-refractivity contribution in [1.82, 2.24) is 19.9 Å².